The molecule has 0 fully saturated rings. The Balaban J connectivity index is 2.50. The van der Waals surface area contributed by atoms with Gasteiger partial charge in [-0.15, -0.1) is 0 Å². The van der Waals surface area contributed by atoms with Crippen LogP contribution in [0.2, 0.25) is 0 Å². The molecule has 1 aliphatic heterocycles. The molecule has 12 heavy (non-hydrogen) atoms. The summed E-state index contributed by atoms with van der Waals surface area (Å²) in [6, 6.07) is 0. The van der Waals surface area contributed by atoms with Crippen molar-refractivity contribution in [3.05, 3.63) is 12.0 Å². The van der Waals surface area contributed by atoms with E-state index < -0.39 is 0 Å². The molecule has 0 unspecified atom stereocenters. The minimum absolute atomic E-state index is 0.0730. The summed E-state index contributed by atoms with van der Waals surface area (Å²) in [5, 5.41) is 2.52. The summed E-state index contributed by atoms with van der Waals surface area (Å²) >= 11 is 0. The molecule has 1 aromatic heterocycles. The zero-order valence-corrected chi connectivity index (χ0v) is 6.61. The fourth-order valence-electron chi connectivity index (χ4n) is 1.13. The molecular weight excluding hydrogens is 156 g/mol. The Kier molecular flexibility index (Phi) is 1.43. The lowest BCUT2D eigenvalue weighted by atomic mass is 10.3. The lowest BCUT2D eigenvalue weighted by Gasteiger charge is -1.93. The zero-order chi connectivity index (χ0) is 8.55. The van der Waals surface area contributed by atoms with Crippen molar-refractivity contribution in [1.29, 1.82) is 0 Å². The number of aryl methyl sites for hydroxylation is 1. The average molecular weight is 164 g/mol. The predicted molar refractivity (Wildman–Crippen MR) is 43.2 cm³/mol. The molecule has 1 aliphatic rings. The number of fused-ring (bicyclic) bond motifs is 1. The third-order valence-electron chi connectivity index (χ3n) is 1.72. The van der Waals surface area contributed by atoms with Crippen LogP contribution in [-0.4, -0.2) is 21.8 Å². The highest BCUT2D eigenvalue weighted by Crippen LogP contribution is 2.17. The molecule has 5 nitrogen and oxygen atoms in total. The Hall–Kier alpha value is -1.65. The first-order valence-corrected chi connectivity index (χ1v) is 3.59. The second kappa shape index (κ2) is 2.44. The summed E-state index contributed by atoms with van der Waals surface area (Å²) in [6.45, 7) is 0. The maximum absolute atomic E-state index is 11.0. The highest BCUT2D eigenvalue weighted by Gasteiger charge is 2.13. The van der Waals surface area contributed by atoms with Gasteiger partial charge in [0, 0.05) is 7.05 Å². The molecule has 0 saturated carbocycles. The van der Waals surface area contributed by atoms with E-state index in [1.807, 2.05) is 7.05 Å². The largest absolute Gasteiger partial charge is 0.319 e. The van der Waals surface area contributed by atoms with Gasteiger partial charge in [-0.3, -0.25) is 4.79 Å². The van der Waals surface area contributed by atoms with Crippen molar-refractivity contribution >= 4 is 18.1 Å². The Morgan fingerprint density at radius 3 is 3.33 bits per heavy atom. The molecule has 0 radical (unpaired) electrons. The van der Waals surface area contributed by atoms with Gasteiger partial charge < -0.3 is 9.88 Å². The van der Waals surface area contributed by atoms with Crippen LogP contribution in [-0.2, 0) is 18.3 Å². The van der Waals surface area contributed by atoms with Crippen molar-refractivity contribution < 1.29 is 4.79 Å². The third kappa shape index (κ3) is 0.990. The van der Waals surface area contributed by atoms with Crippen molar-refractivity contribution in [2.75, 3.05) is 0 Å². The first kappa shape index (κ1) is 7.02. The summed E-state index contributed by atoms with van der Waals surface area (Å²) in [6.07, 6.45) is 3.35. The van der Waals surface area contributed by atoms with E-state index in [1.165, 1.54) is 6.34 Å². The topological polar surface area (TPSA) is 59.3 Å². The van der Waals surface area contributed by atoms with Gasteiger partial charge in [-0.05, 0) is 0 Å². The molecule has 0 aliphatic carbocycles. The Bertz CT molecular complexity index is 352. The van der Waals surface area contributed by atoms with E-state index in [0.717, 1.165) is 11.5 Å². The fraction of sp³-hybridized carbons (Fsp3) is 0.286. The molecule has 0 bridgehead atoms. The van der Waals surface area contributed by atoms with Crippen LogP contribution in [0, 0.1) is 0 Å². The van der Waals surface area contributed by atoms with Crippen LogP contribution in [0.15, 0.2) is 11.3 Å². The number of amides is 1. The van der Waals surface area contributed by atoms with Gasteiger partial charge in [-0.1, -0.05) is 0 Å². The number of imidazole rings is 1. The summed E-state index contributed by atoms with van der Waals surface area (Å²) in [5.74, 6) is 0.671. The summed E-state index contributed by atoms with van der Waals surface area (Å²) in [7, 11) is 1.85. The molecule has 2 rings (SSSR count). The number of hydrogen-bond acceptors (Lipinski definition) is 3. The van der Waals surface area contributed by atoms with Crippen LogP contribution in [0.5, 0.6) is 0 Å². The number of hydrogen-bond donors (Lipinski definition) is 1. The van der Waals surface area contributed by atoms with Crippen molar-refractivity contribution in [2.45, 2.75) is 6.42 Å². The van der Waals surface area contributed by atoms with Crippen molar-refractivity contribution in [1.82, 2.24) is 14.9 Å². The van der Waals surface area contributed by atoms with Crippen molar-refractivity contribution in [2.24, 2.45) is 12.0 Å². The van der Waals surface area contributed by atoms with E-state index in [1.54, 1.807) is 10.9 Å². The van der Waals surface area contributed by atoms with E-state index in [-0.39, 0.29) is 5.91 Å². The van der Waals surface area contributed by atoms with Gasteiger partial charge in [0.15, 0.2) is 5.82 Å². The van der Waals surface area contributed by atoms with Gasteiger partial charge in [0.2, 0.25) is 5.91 Å². The summed E-state index contributed by atoms with van der Waals surface area (Å²) < 4.78 is 1.78. The highest BCUT2D eigenvalue weighted by atomic mass is 16.1. The van der Waals surface area contributed by atoms with Gasteiger partial charge >= 0.3 is 0 Å². The van der Waals surface area contributed by atoms with Gasteiger partial charge in [0.1, 0.15) is 0 Å². The number of aliphatic imine (C=N–C) groups is 1. The molecule has 5 heteroatoms. The molecule has 0 atom stereocenters. The van der Waals surface area contributed by atoms with Crippen molar-refractivity contribution in [3.63, 3.8) is 0 Å². The SMILES string of the molecule is Cn1cnc2c1N=CNC(=O)C2. The number of nitrogens with one attached hydrogen (secondary N) is 1. The molecule has 0 aromatic carbocycles. The minimum Gasteiger partial charge on any atom is -0.319 e. The highest BCUT2D eigenvalue weighted by molar-refractivity contribution is 5.91. The molecule has 1 N–H and O–H groups in total. The van der Waals surface area contributed by atoms with Gasteiger partial charge in [-0.2, -0.15) is 0 Å². The minimum atomic E-state index is -0.0730. The molecule has 1 aromatic rings. The lowest BCUT2D eigenvalue weighted by molar-refractivity contribution is -0.118. The second-order valence-corrected chi connectivity index (χ2v) is 2.63. The normalized spacial score (nSPS) is 15.2. The first-order chi connectivity index (χ1) is 5.77. The number of nitrogens with zero attached hydrogens (tertiary/aromatic N) is 3. The maximum atomic E-state index is 11.0. The van der Waals surface area contributed by atoms with Gasteiger partial charge in [0.25, 0.3) is 0 Å². The Morgan fingerprint density at radius 2 is 2.50 bits per heavy atom. The molecule has 0 saturated heterocycles. The third-order valence-corrected chi connectivity index (χ3v) is 1.72. The van der Waals surface area contributed by atoms with E-state index in [4.69, 9.17) is 0 Å². The number of aromatic nitrogens is 2. The molecule has 62 valence electrons. The van der Waals surface area contributed by atoms with Crippen LogP contribution in [0.1, 0.15) is 5.69 Å². The van der Waals surface area contributed by atoms with Crippen molar-refractivity contribution in [3.8, 4) is 0 Å². The average Bonchev–Trinajstić information content (AvgIpc) is 2.31. The van der Waals surface area contributed by atoms with Crippen LogP contribution in [0.4, 0.5) is 5.82 Å². The van der Waals surface area contributed by atoms with Crippen LogP contribution < -0.4 is 5.32 Å². The van der Waals surface area contributed by atoms with Gasteiger partial charge in [0.05, 0.1) is 24.8 Å². The van der Waals surface area contributed by atoms with E-state index in [0.29, 0.717) is 6.42 Å². The number of carbonyl (C=O) groups excluding carboxylic acids is 1. The Labute approximate surface area is 69.1 Å². The molecule has 2 heterocycles. The zero-order valence-electron chi connectivity index (χ0n) is 6.61. The smallest absolute Gasteiger partial charge is 0.231 e. The monoisotopic (exact) mass is 164 g/mol. The van der Waals surface area contributed by atoms with E-state index in [2.05, 4.69) is 15.3 Å². The first-order valence-electron chi connectivity index (χ1n) is 3.59. The van der Waals surface area contributed by atoms with Gasteiger partial charge in [-0.25, -0.2) is 9.98 Å². The number of carbonyl (C=O) groups is 1. The fourth-order valence-corrected chi connectivity index (χ4v) is 1.13. The summed E-state index contributed by atoms with van der Waals surface area (Å²) in [4.78, 5) is 19.1. The Morgan fingerprint density at radius 1 is 1.67 bits per heavy atom. The van der Waals surface area contributed by atoms with Crippen LogP contribution in [0.3, 0.4) is 0 Å². The van der Waals surface area contributed by atoms with Crippen LogP contribution in [0.25, 0.3) is 0 Å². The standard InChI is InChI=1S/C7H8N4O/c1-11-4-10-5-2-6(12)8-3-9-7(5)11/h3-4H,2H2,1H3,(H,8,9,12). The number of rotatable bonds is 0. The molecule has 0 spiro atoms. The lowest BCUT2D eigenvalue weighted by Crippen LogP contribution is -2.21. The molecule has 1 amide bonds. The maximum Gasteiger partial charge on any atom is 0.231 e. The van der Waals surface area contributed by atoms with E-state index in [9.17, 15) is 4.79 Å². The second-order valence-electron chi connectivity index (χ2n) is 2.63. The summed E-state index contributed by atoms with van der Waals surface area (Å²) in [5.41, 5.74) is 0.726. The van der Waals surface area contributed by atoms with Crippen LogP contribution >= 0.6 is 0 Å². The van der Waals surface area contributed by atoms with E-state index >= 15 is 0 Å². The predicted octanol–water partition coefficient (Wildman–Crippen LogP) is -0.248. The quantitative estimate of drug-likeness (QED) is 0.575. The molecular formula is C7H8N4O.